The van der Waals surface area contributed by atoms with Gasteiger partial charge in [-0.05, 0) is 20.0 Å². The molecule has 0 aromatic heterocycles. The van der Waals surface area contributed by atoms with Crippen molar-refractivity contribution in [1.82, 2.24) is 4.90 Å². The second-order valence-electron chi connectivity index (χ2n) is 5.69. The smallest absolute Gasteiger partial charge is 0.302 e. The van der Waals surface area contributed by atoms with Crippen LogP contribution in [0.2, 0.25) is 0 Å². The third kappa shape index (κ3) is 5.01. The lowest BCUT2D eigenvalue weighted by Gasteiger charge is -2.27. The van der Waals surface area contributed by atoms with Crippen molar-refractivity contribution in [2.24, 2.45) is 0 Å². The monoisotopic (exact) mass is 353 g/mol. The van der Waals surface area contributed by atoms with Crippen molar-refractivity contribution in [1.29, 1.82) is 0 Å². The highest BCUT2D eigenvalue weighted by Crippen LogP contribution is 2.45. The largest absolute Gasteiger partial charge is 0.496 e. The second-order valence-corrected chi connectivity index (χ2v) is 5.69. The van der Waals surface area contributed by atoms with E-state index >= 15 is 0 Å². The van der Waals surface area contributed by atoms with E-state index in [4.69, 9.17) is 18.9 Å². The molecule has 6 heteroatoms. The average Bonchev–Trinajstić information content (AvgIpc) is 3.00. The highest BCUT2D eigenvalue weighted by Gasteiger charge is 2.37. The van der Waals surface area contributed by atoms with Gasteiger partial charge >= 0.3 is 5.97 Å². The molecule has 6 nitrogen and oxygen atoms in total. The summed E-state index contributed by atoms with van der Waals surface area (Å²) in [7, 11) is 6.92. The van der Waals surface area contributed by atoms with Crippen LogP contribution in [0.25, 0.3) is 0 Å². The summed E-state index contributed by atoms with van der Waals surface area (Å²) in [4.78, 5) is 13.4. The lowest BCUT2D eigenvalue weighted by Crippen LogP contribution is -2.34. The summed E-state index contributed by atoms with van der Waals surface area (Å²) in [5.74, 6) is 2.04. The number of nitrogens with zero attached hydrogens (tertiary/aromatic N) is 1. The lowest BCUT2D eigenvalue weighted by atomic mass is 9.90. The van der Waals surface area contributed by atoms with Crippen molar-refractivity contribution in [2.45, 2.75) is 39.2 Å². The molecular formula is C19H31NO5. The molecule has 1 aromatic rings. The van der Waals surface area contributed by atoms with Gasteiger partial charge < -0.3 is 18.9 Å². The van der Waals surface area contributed by atoms with Crippen molar-refractivity contribution in [2.75, 3.05) is 41.5 Å². The predicted molar refractivity (Wildman–Crippen MR) is 97.9 cm³/mol. The number of ether oxygens (including phenoxy) is 4. The van der Waals surface area contributed by atoms with Crippen molar-refractivity contribution >= 4 is 5.97 Å². The summed E-state index contributed by atoms with van der Waals surface area (Å²) in [5, 5.41) is 0. The van der Waals surface area contributed by atoms with Gasteiger partial charge in [-0.3, -0.25) is 9.69 Å². The highest BCUT2D eigenvalue weighted by atomic mass is 16.5. The van der Waals surface area contributed by atoms with Gasteiger partial charge in [0.15, 0.2) is 0 Å². The van der Waals surface area contributed by atoms with Crippen LogP contribution in [0.1, 0.15) is 38.7 Å². The summed E-state index contributed by atoms with van der Waals surface area (Å²) in [6.45, 7) is 6.71. The highest BCUT2D eigenvalue weighted by molar-refractivity contribution is 5.66. The first-order valence-electron chi connectivity index (χ1n) is 8.65. The minimum Gasteiger partial charge on any atom is -0.496 e. The Hall–Kier alpha value is -1.95. The number of rotatable bonds is 6. The van der Waals surface area contributed by atoms with Crippen LogP contribution in [0.4, 0.5) is 0 Å². The first-order valence-corrected chi connectivity index (χ1v) is 8.65. The van der Waals surface area contributed by atoms with E-state index in [9.17, 15) is 4.79 Å². The zero-order valence-corrected chi connectivity index (χ0v) is 16.4. The Balaban J connectivity index is 0.00000151. The molecule has 25 heavy (non-hydrogen) atoms. The molecule has 0 bridgehead atoms. The maximum atomic E-state index is 11.2. The molecule has 0 saturated carbocycles. The molecular weight excluding hydrogens is 322 g/mol. The van der Waals surface area contributed by atoms with E-state index in [1.165, 1.54) is 6.92 Å². The quantitative estimate of drug-likeness (QED) is 0.733. The number of benzene rings is 1. The molecule has 1 heterocycles. The zero-order valence-electron chi connectivity index (χ0n) is 16.4. The molecule has 0 aliphatic carbocycles. The molecule has 0 amide bonds. The number of esters is 1. The van der Waals surface area contributed by atoms with Crippen LogP contribution in [0, 0.1) is 0 Å². The van der Waals surface area contributed by atoms with Crippen molar-refractivity contribution in [3.8, 4) is 17.2 Å². The number of carbonyl (C=O) groups excluding carboxylic acids is 1. The molecule has 1 saturated heterocycles. The van der Waals surface area contributed by atoms with Gasteiger partial charge in [0.25, 0.3) is 0 Å². The second kappa shape index (κ2) is 10.1. The van der Waals surface area contributed by atoms with Gasteiger partial charge in [-0.15, -0.1) is 0 Å². The number of methoxy groups -OCH3 is 3. The maximum Gasteiger partial charge on any atom is 0.302 e. The summed E-state index contributed by atoms with van der Waals surface area (Å²) in [6, 6.07) is 3.81. The van der Waals surface area contributed by atoms with Crippen LogP contribution in [0.3, 0.4) is 0 Å². The van der Waals surface area contributed by atoms with Gasteiger partial charge in [-0.25, -0.2) is 0 Å². The molecule has 1 fully saturated rings. The van der Waals surface area contributed by atoms with Gasteiger partial charge in [0.05, 0.1) is 27.4 Å². The number of hydrogen-bond donors (Lipinski definition) is 0. The van der Waals surface area contributed by atoms with Crippen LogP contribution >= 0.6 is 0 Å². The summed E-state index contributed by atoms with van der Waals surface area (Å²) in [5.41, 5.74) is 0.998. The Morgan fingerprint density at radius 3 is 2.12 bits per heavy atom. The van der Waals surface area contributed by atoms with E-state index in [-0.39, 0.29) is 17.9 Å². The fraction of sp³-hybridized carbons (Fsp3) is 0.632. The predicted octanol–water partition coefficient (Wildman–Crippen LogP) is 3.09. The van der Waals surface area contributed by atoms with Crippen molar-refractivity contribution < 1.29 is 23.7 Å². The van der Waals surface area contributed by atoms with E-state index < -0.39 is 0 Å². The molecule has 0 radical (unpaired) electrons. The van der Waals surface area contributed by atoms with Crippen LogP contribution in [0.5, 0.6) is 17.2 Å². The molecule has 0 N–H and O–H groups in total. The van der Waals surface area contributed by atoms with E-state index in [1.54, 1.807) is 21.3 Å². The van der Waals surface area contributed by atoms with Gasteiger partial charge in [-0.2, -0.15) is 0 Å². The standard InChI is InChI=1S/C17H25NO5.C2H6/c1-11(19)23-10-14-13(6-7-18(14)2)17-15(21-4)8-12(20-3)9-16(17)22-5;1-2/h8-9,13-14H,6-7,10H2,1-5H3;1-2H3. The third-order valence-corrected chi connectivity index (χ3v) is 4.40. The average molecular weight is 353 g/mol. The van der Waals surface area contributed by atoms with Gasteiger partial charge in [0.1, 0.15) is 23.9 Å². The normalized spacial score (nSPS) is 19.6. The summed E-state index contributed by atoms with van der Waals surface area (Å²) in [6.07, 6.45) is 0.946. The Kier molecular flexibility index (Phi) is 8.55. The maximum absolute atomic E-state index is 11.2. The van der Waals surface area contributed by atoms with Crippen LogP contribution in [-0.4, -0.2) is 58.4 Å². The molecule has 1 aliphatic heterocycles. The van der Waals surface area contributed by atoms with E-state index in [0.717, 1.165) is 30.0 Å². The molecule has 2 atom stereocenters. The molecule has 142 valence electrons. The van der Waals surface area contributed by atoms with Crippen LogP contribution in [-0.2, 0) is 9.53 Å². The fourth-order valence-electron chi connectivity index (χ4n) is 3.19. The topological polar surface area (TPSA) is 57.2 Å². The number of likely N-dealkylation sites (tertiary alicyclic amines) is 1. The molecule has 0 spiro atoms. The fourth-order valence-corrected chi connectivity index (χ4v) is 3.19. The molecule has 1 aliphatic rings. The van der Waals surface area contributed by atoms with Crippen molar-refractivity contribution in [3.05, 3.63) is 17.7 Å². The van der Waals surface area contributed by atoms with Gasteiger partial charge in [-0.1, -0.05) is 13.8 Å². The Bertz CT molecular complexity index is 536. The number of likely N-dealkylation sites (N-methyl/N-ethyl adjacent to an activating group) is 1. The van der Waals surface area contributed by atoms with Crippen LogP contribution < -0.4 is 14.2 Å². The van der Waals surface area contributed by atoms with E-state index in [0.29, 0.717) is 12.4 Å². The molecule has 2 rings (SSSR count). The summed E-state index contributed by atoms with van der Waals surface area (Å²) >= 11 is 0. The third-order valence-electron chi connectivity index (χ3n) is 4.40. The van der Waals surface area contributed by atoms with Crippen molar-refractivity contribution in [3.63, 3.8) is 0 Å². The Morgan fingerprint density at radius 2 is 1.68 bits per heavy atom. The minimum atomic E-state index is -0.266. The number of hydrogen-bond acceptors (Lipinski definition) is 6. The SMILES string of the molecule is CC.COc1cc(OC)c(C2CCN(C)C2COC(C)=O)c(OC)c1. The Morgan fingerprint density at radius 1 is 1.12 bits per heavy atom. The van der Waals surface area contributed by atoms with E-state index in [2.05, 4.69) is 4.90 Å². The summed E-state index contributed by atoms with van der Waals surface area (Å²) < 4.78 is 21.7. The first-order chi connectivity index (χ1) is 12.0. The molecule has 1 aromatic carbocycles. The first kappa shape index (κ1) is 21.1. The van der Waals surface area contributed by atoms with Crippen LogP contribution in [0.15, 0.2) is 12.1 Å². The zero-order chi connectivity index (χ0) is 19.0. The van der Waals surface area contributed by atoms with E-state index in [1.807, 2.05) is 33.0 Å². The Labute approximate surface area is 151 Å². The minimum absolute atomic E-state index is 0.0927. The molecule has 2 unspecified atom stereocenters. The van der Waals surface area contributed by atoms with Gasteiger partial charge in [0.2, 0.25) is 0 Å². The lowest BCUT2D eigenvalue weighted by molar-refractivity contribution is -0.142. The van der Waals surface area contributed by atoms with Gasteiger partial charge in [0, 0.05) is 30.5 Å². The number of carbonyl (C=O) groups is 1.